The number of para-hydroxylation sites is 1. The Morgan fingerprint density at radius 3 is 2.54 bits per heavy atom. The van der Waals surface area contributed by atoms with Gasteiger partial charge in [0.05, 0.1) is 11.7 Å². The molecule has 5 N–H and O–H groups in total. The van der Waals surface area contributed by atoms with Gasteiger partial charge < -0.3 is 15.9 Å². The van der Waals surface area contributed by atoms with Crippen LogP contribution in [0.25, 0.3) is 0 Å². The van der Waals surface area contributed by atoms with Gasteiger partial charge in [-0.25, -0.2) is 0 Å². The number of halogens is 2. The standard InChI is InChI=1S/C17H23N3O5S.2ClH/c18-8-4-3-5-11(17(24)25)19-12-10-26-14-7-2-1-6-13(14)20(16(12)23)9-15(21)22;;/h1-2,6-7,11-12,19H,3-5,8-10,18H2,(H,21,22)(H,24,25);2*1H/t11-,12-;;/m0../s1. The van der Waals surface area contributed by atoms with E-state index in [0.29, 0.717) is 37.2 Å². The summed E-state index contributed by atoms with van der Waals surface area (Å²) in [5, 5.41) is 21.5. The molecule has 0 aromatic heterocycles. The highest BCUT2D eigenvalue weighted by atomic mass is 35.5. The number of hydrogen-bond donors (Lipinski definition) is 4. The topological polar surface area (TPSA) is 133 Å². The summed E-state index contributed by atoms with van der Waals surface area (Å²) in [6.45, 7) is 0.00570. The largest absolute Gasteiger partial charge is 0.480 e. The number of rotatable bonds is 9. The SMILES string of the molecule is Cl.Cl.NCCCC[C@H](N[C@H]1CSc2ccccc2N(CC(=O)O)C1=O)C(=O)O. The third-order valence-electron chi connectivity index (χ3n) is 4.07. The minimum atomic E-state index is -1.13. The van der Waals surface area contributed by atoms with Gasteiger partial charge in [-0.2, -0.15) is 0 Å². The third kappa shape index (κ3) is 7.14. The average molecular weight is 454 g/mol. The minimum Gasteiger partial charge on any atom is -0.480 e. The first-order valence-electron chi connectivity index (χ1n) is 8.38. The highest BCUT2D eigenvalue weighted by molar-refractivity contribution is 7.99. The number of fused-ring (bicyclic) bond motifs is 1. The summed E-state index contributed by atoms with van der Waals surface area (Å²) in [6.07, 6.45) is 1.69. The molecule has 0 saturated carbocycles. The second-order valence-corrected chi connectivity index (χ2v) is 7.05. The zero-order valence-corrected chi connectivity index (χ0v) is 17.5. The van der Waals surface area contributed by atoms with Crippen LogP contribution in [0.4, 0.5) is 5.69 Å². The first-order chi connectivity index (χ1) is 12.4. The smallest absolute Gasteiger partial charge is 0.323 e. The molecule has 1 aliphatic rings. The van der Waals surface area contributed by atoms with Crippen molar-refractivity contribution in [3.05, 3.63) is 24.3 Å². The number of nitrogens with zero attached hydrogens (tertiary/aromatic N) is 1. The highest BCUT2D eigenvalue weighted by Gasteiger charge is 2.34. The van der Waals surface area contributed by atoms with Crippen LogP contribution in [-0.2, 0) is 14.4 Å². The van der Waals surface area contributed by atoms with Gasteiger partial charge in [0.2, 0.25) is 5.91 Å². The number of hydrogen-bond acceptors (Lipinski definition) is 6. The van der Waals surface area contributed by atoms with Crippen LogP contribution in [0.2, 0.25) is 0 Å². The van der Waals surface area contributed by atoms with Crippen LogP contribution in [0, 0.1) is 0 Å². The van der Waals surface area contributed by atoms with E-state index in [1.807, 2.05) is 12.1 Å². The molecule has 0 saturated heterocycles. The van der Waals surface area contributed by atoms with Crippen molar-refractivity contribution < 1.29 is 24.6 Å². The van der Waals surface area contributed by atoms with E-state index in [4.69, 9.17) is 5.73 Å². The van der Waals surface area contributed by atoms with E-state index >= 15 is 0 Å². The Morgan fingerprint density at radius 2 is 1.93 bits per heavy atom. The first kappa shape index (κ1) is 26.5. The van der Waals surface area contributed by atoms with E-state index in [-0.39, 0.29) is 24.8 Å². The number of carbonyl (C=O) groups excluding carboxylic acids is 1. The van der Waals surface area contributed by atoms with Gasteiger partial charge in [0.25, 0.3) is 0 Å². The lowest BCUT2D eigenvalue weighted by molar-refractivity contribution is -0.140. The molecule has 0 radical (unpaired) electrons. The summed E-state index contributed by atoms with van der Waals surface area (Å²) in [6, 6.07) is 5.40. The predicted octanol–water partition coefficient (Wildman–Crippen LogP) is 1.59. The maximum Gasteiger partial charge on any atom is 0.323 e. The molecule has 2 atom stereocenters. The van der Waals surface area contributed by atoms with Gasteiger partial charge in [-0.05, 0) is 31.5 Å². The molecule has 11 heteroatoms. The van der Waals surface area contributed by atoms with Gasteiger partial charge in [0, 0.05) is 10.6 Å². The Labute approximate surface area is 180 Å². The van der Waals surface area contributed by atoms with Crippen LogP contribution in [0.1, 0.15) is 19.3 Å². The van der Waals surface area contributed by atoms with Gasteiger partial charge in [-0.3, -0.25) is 24.6 Å². The average Bonchev–Trinajstić information content (AvgIpc) is 2.72. The summed E-state index contributed by atoms with van der Waals surface area (Å²) < 4.78 is 0. The fourth-order valence-electron chi connectivity index (χ4n) is 2.78. The number of carboxylic acid groups (broad SMARTS) is 2. The Bertz CT molecular complexity index is 680. The van der Waals surface area contributed by atoms with Gasteiger partial charge in [-0.1, -0.05) is 18.6 Å². The van der Waals surface area contributed by atoms with Crippen molar-refractivity contribution in [1.82, 2.24) is 5.32 Å². The number of amides is 1. The number of aliphatic carboxylic acids is 2. The molecule has 28 heavy (non-hydrogen) atoms. The molecule has 0 fully saturated rings. The van der Waals surface area contributed by atoms with Gasteiger partial charge >= 0.3 is 11.9 Å². The van der Waals surface area contributed by atoms with Crippen LogP contribution in [0.5, 0.6) is 0 Å². The fourth-order valence-corrected chi connectivity index (χ4v) is 3.87. The molecular formula is C17H25Cl2N3O5S. The first-order valence-corrected chi connectivity index (χ1v) is 9.36. The Kier molecular flexibility index (Phi) is 12.1. The van der Waals surface area contributed by atoms with Crippen molar-refractivity contribution in [2.75, 3.05) is 23.7 Å². The molecule has 0 spiro atoms. The maximum atomic E-state index is 12.9. The van der Waals surface area contributed by atoms with E-state index in [1.165, 1.54) is 16.7 Å². The highest BCUT2D eigenvalue weighted by Crippen LogP contribution is 2.34. The number of carbonyl (C=O) groups is 3. The lowest BCUT2D eigenvalue weighted by Gasteiger charge is -2.26. The Hall–Kier alpha value is -1.52. The summed E-state index contributed by atoms with van der Waals surface area (Å²) >= 11 is 1.40. The second kappa shape index (κ2) is 12.8. The van der Waals surface area contributed by atoms with Gasteiger partial charge in [0.15, 0.2) is 0 Å². The van der Waals surface area contributed by atoms with Crippen LogP contribution in [-0.4, -0.2) is 59.0 Å². The number of thioether (sulfide) groups is 1. The van der Waals surface area contributed by atoms with Crippen molar-refractivity contribution in [1.29, 1.82) is 0 Å². The van der Waals surface area contributed by atoms with Crippen LogP contribution in [0.3, 0.4) is 0 Å². The zero-order valence-electron chi connectivity index (χ0n) is 15.1. The van der Waals surface area contributed by atoms with Crippen molar-refractivity contribution in [3.8, 4) is 0 Å². The van der Waals surface area contributed by atoms with Crippen LogP contribution in [0.15, 0.2) is 29.2 Å². The molecule has 1 aromatic carbocycles. The van der Waals surface area contributed by atoms with Crippen LogP contribution >= 0.6 is 36.6 Å². The molecule has 1 heterocycles. The number of nitrogens with two attached hydrogens (primary N) is 1. The summed E-state index contributed by atoms with van der Waals surface area (Å²) in [4.78, 5) is 37.6. The molecule has 1 aliphatic heterocycles. The molecule has 0 unspecified atom stereocenters. The molecule has 1 amide bonds. The third-order valence-corrected chi connectivity index (χ3v) is 5.22. The van der Waals surface area contributed by atoms with Crippen molar-refractivity contribution in [2.45, 2.75) is 36.2 Å². The van der Waals surface area contributed by atoms with E-state index < -0.39 is 36.5 Å². The molecule has 8 nitrogen and oxygen atoms in total. The summed E-state index contributed by atoms with van der Waals surface area (Å²) in [7, 11) is 0. The van der Waals surface area contributed by atoms with Crippen molar-refractivity contribution in [2.24, 2.45) is 5.73 Å². The number of unbranched alkanes of at least 4 members (excludes halogenated alkanes) is 1. The number of nitrogens with one attached hydrogen (secondary N) is 1. The van der Waals surface area contributed by atoms with Gasteiger partial charge in [0.1, 0.15) is 12.6 Å². The molecule has 0 bridgehead atoms. The minimum absolute atomic E-state index is 0. The van der Waals surface area contributed by atoms with Crippen molar-refractivity contribution >= 4 is 60.1 Å². The Morgan fingerprint density at radius 1 is 1.25 bits per heavy atom. The molecule has 158 valence electrons. The van der Waals surface area contributed by atoms with E-state index in [1.54, 1.807) is 12.1 Å². The molecule has 2 rings (SSSR count). The summed E-state index contributed by atoms with van der Waals surface area (Å²) in [5.41, 5.74) is 5.98. The Balaban J connectivity index is 0.00000364. The van der Waals surface area contributed by atoms with Crippen molar-refractivity contribution in [3.63, 3.8) is 0 Å². The lowest BCUT2D eigenvalue weighted by atomic mass is 10.1. The fraction of sp³-hybridized carbons (Fsp3) is 0.471. The molecule has 1 aromatic rings. The summed E-state index contributed by atoms with van der Waals surface area (Å²) in [5.74, 6) is -2.27. The quantitative estimate of drug-likeness (QED) is 0.414. The monoisotopic (exact) mass is 453 g/mol. The number of anilines is 1. The zero-order chi connectivity index (χ0) is 19.1. The van der Waals surface area contributed by atoms with Gasteiger partial charge in [-0.15, -0.1) is 36.6 Å². The lowest BCUT2D eigenvalue weighted by Crippen LogP contribution is -2.53. The molecule has 0 aliphatic carbocycles. The maximum absolute atomic E-state index is 12.9. The predicted molar refractivity (Wildman–Crippen MR) is 113 cm³/mol. The molecular weight excluding hydrogens is 429 g/mol. The van der Waals surface area contributed by atoms with E-state index in [2.05, 4.69) is 5.32 Å². The number of carboxylic acids is 2. The van der Waals surface area contributed by atoms with Crippen LogP contribution < -0.4 is 16.0 Å². The number of benzene rings is 1. The van der Waals surface area contributed by atoms with E-state index in [9.17, 15) is 24.6 Å². The van der Waals surface area contributed by atoms with E-state index in [0.717, 1.165) is 4.90 Å². The second-order valence-electron chi connectivity index (χ2n) is 5.99. The normalized spacial score (nSPS) is 16.8.